The highest BCUT2D eigenvalue weighted by molar-refractivity contribution is 4.91. The maximum Gasteiger partial charge on any atom is 0.411 e. The largest absolute Gasteiger partial charge is 0.411 e. The minimum Gasteiger partial charge on any atom is -0.383 e. The summed E-state index contributed by atoms with van der Waals surface area (Å²) in [6.07, 6.45) is -3.70. The lowest BCUT2D eigenvalue weighted by Gasteiger charge is -2.32. The van der Waals surface area contributed by atoms with Crippen LogP contribution in [0.25, 0.3) is 0 Å². The fourth-order valence-electron chi connectivity index (χ4n) is 2.17. The maximum absolute atomic E-state index is 12.1. The molecule has 1 saturated heterocycles. The Morgan fingerprint density at radius 3 is 2.68 bits per heavy atom. The summed E-state index contributed by atoms with van der Waals surface area (Å²) >= 11 is 0. The topological polar surface area (TPSA) is 39.7 Å². The molecule has 19 heavy (non-hydrogen) atoms. The van der Waals surface area contributed by atoms with Gasteiger partial charge in [0.2, 0.25) is 0 Å². The van der Waals surface area contributed by atoms with Gasteiger partial charge >= 0.3 is 6.18 Å². The molecule has 0 radical (unpaired) electrons. The number of ether oxygens (including phenoxy) is 3. The molecule has 0 aliphatic carbocycles. The van der Waals surface area contributed by atoms with Gasteiger partial charge in [-0.25, -0.2) is 0 Å². The van der Waals surface area contributed by atoms with E-state index >= 15 is 0 Å². The van der Waals surface area contributed by atoms with Crippen molar-refractivity contribution >= 4 is 0 Å². The van der Waals surface area contributed by atoms with Gasteiger partial charge in [0.05, 0.1) is 19.3 Å². The molecule has 0 spiro atoms. The van der Waals surface area contributed by atoms with Crippen molar-refractivity contribution in [2.75, 3.05) is 46.6 Å². The van der Waals surface area contributed by atoms with E-state index in [9.17, 15) is 13.2 Å². The van der Waals surface area contributed by atoms with E-state index in [4.69, 9.17) is 14.2 Å². The second-order valence-electron chi connectivity index (χ2n) is 4.90. The van der Waals surface area contributed by atoms with Gasteiger partial charge in [-0.1, -0.05) is 0 Å². The van der Waals surface area contributed by atoms with Crippen LogP contribution in [0, 0.1) is 5.41 Å². The van der Waals surface area contributed by atoms with E-state index in [1.807, 2.05) is 6.92 Å². The van der Waals surface area contributed by atoms with Crippen LogP contribution in [0.15, 0.2) is 0 Å². The predicted octanol–water partition coefficient (Wildman–Crippen LogP) is 1.60. The monoisotopic (exact) mass is 285 g/mol. The van der Waals surface area contributed by atoms with Crippen LogP contribution in [0.2, 0.25) is 0 Å². The highest BCUT2D eigenvalue weighted by Crippen LogP contribution is 2.35. The molecule has 1 N–H and O–H groups in total. The molecule has 0 aromatic heterocycles. The molecule has 1 rings (SSSR count). The number of methoxy groups -OCH3 is 1. The summed E-state index contributed by atoms with van der Waals surface area (Å²) in [5.74, 6) is 0. The summed E-state index contributed by atoms with van der Waals surface area (Å²) in [4.78, 5) is 0. The van der Waals surface area contributed by atoms with Crippen molar-refractivity contribution < 1.29 is 27.4 Å². The molecule has 0 amide bonds. The van der Waals surface area contributed by atoms with Crippen molar-refractivity contribution in [3.8, 4) is 0 Å². The number of hydrogen-bond acceptors (Lipinski definition) is 4. The van der Waals surface area contributed by atoms with Crippen molar-refractivity contribution in [2.45, 2.75) is 25.6 Å². The second kappa shape index (κ2) is 7.42. The van der Waals surface area contributed by atoms with Crippen molar-refractivity contribution in [1.82, 2.24) is 5.32 Å². The molecule has 1 heterocycles. The van der Waals surface area contributed by atoms with E-state index in [2.05, 4.69) is 5.32 Å². The number of rotatable bonds is 8. The molecule has 1 aliphatic rings. The van der Waals surface area contributed by atoms with Crippen molar-refractivity contribution in [3.05, 3.63) is 0 Å². The Hall–Kier alpha value is -0.370. The van der Waals surface area contributed by atoms with Crippen molar-refractivity contribution in [3.63, 3.8) is 0 Å². The molecule has 4 nitrogen and oxygen atoms in total. The summed E-state index contributed by atoms with van der Waals surface area (Å²) in [5.41, 5.74) is -0.390. The molecule has 0 saturated carbocycles. The van der Waals surface area contributed by atoms with E-state index < -0.39 is 12.8 Å². The van der Waals surface area contributed by atoms with Crippen LogP contribution in [0.3, 0.4) is 0 Å². The number of alkyl halides is 3. The number of halogens is 3. The molecular weight excluding hydrogens is 263 g/mol. The van der Waals surface area contributed by atoms with Crippen LogP contribution in [0.1, 0.15) is 13.3 Å². The summed E-state index contributed by atoms with van der Waals surface area (Å²) in [7, 11) is 1.60. The van der Waals surface area contributed by atoms with Crippen LogP contribution in [-0.2, 0) is 14.2 Å². The first-order valence-corrected chi connectivity index (χ1v) is 6.35. The minimum absolute atomic E-state index is 0.0493. The van der Waals surface area contributed by atoms with E-state index in [1.54, 1.807) is 7.11 Å². The minimum atomic E-state index is -4.28. The zero-order valence-corrected chi connectivity index (χ0v) is 11.4. The summed E-state index contributed by atoms with van der Waals surface area (Å²) in [6.45, 7) is 3.06. The first-order chi connectivity index (χ1) is 8.90. The Kier molecular flexibility index (Phi) is 6.52. The van der Waals surface area contributed by atoms with Crippen LogP contribution >= 0.6 is 0 Å². The third-order valence-electron chi connectivity index (χ3n) is 3.45. The Labute approximate surface area is 111 Å². The lowest BCUT2D eigenvalue weighted by molar-refractivity contribution is -0.182. The van der Waals surface area contributed by atoms with Crippen molar-refractivity contribution in [1.29, 1.82) is 0 Å². The fraction of sp³-hybridized carbons (Fsp3) is 1.00. The molecule has 0 aromatic rings. The van der Waals surface area contributed by atoms with E-state index in [0.29, 0.717) is 32.7 Å². The van der Waals surface area contributed by atoms with Gasteiger partial charge in [0.1, 0.15) is 6.61 Å². The molecule has 7 heteroatoms. The third-order valence-corrected chi connectivity index (χ3v) is 3.45. The van der Waals surface area contributed by atoms with Gasteiger partial charge < -0.3 is 19.5 Å². The predicted molar refractivity (Wildman–Crippen MR) is 64.1 cm³/mol. The highest BCUT2D eigenvalue weighted by Gasteiger charge is 2.42. The summed E-state index contributed by atoms with van der Waals surface area (Å²) in [5, 5.41) is 3.18. The molecule has 1 fully saturated rings. The SMILES string of the molecule is COCCNCC1(COCC(F)(F)F)CCOC1C. The normalized spacial score (nSPS) is 27.9. The molecule has 2 unspecified atom stereocenters. The lowest BCUT2D eigenvalue weighted by Crippen LogP contribution is -2.44. The molecule has 0 aromatic carbocycles. The summed E-state index contributed by atoms with van der Waals surface area (Å²) in [6, 6.07) is 0. The third kappa shape index (κ3) is 5.64. The van der Waals surface area contributed by atoms with Crippen LogP contribution < -0.4 is 5.32 Å². The average molecular weight is 285 g/mol. The van der Waals surface area contributed by atoms with Crippen LogP contribution in [0.4, 0.5) is 13.2 Å². The fourth-order valence-corrected chi connectivity index (χ4v) is 2.17. The molecular formula is C12H22F3NO3. The number of nitrogens with one attached hydrogen (secondary N) is 1. The van der Waals surface area contributed by atoms with Gasteiger partial charge in [-0.3, -0.25) is 0 Å². The molecule has 0 bridgehead atoms. The molecule has 2 atom stereocenters. The van der Waals surface area contributed by atoms with Gasteiger partial charge in [0, 0.05) is 32.2 Å². The average Bonchev–Trinajstić information content (AvgIpc) is 2.65. The zero-order chi connectivity index (χ0) is 14.4. The Balaban J connectivity index is 2.42. The van der Waals surface area contributed by atoms with Gasteiger partial charge in [-0.15, -0.1) is 0 Å². The quantitative estimate of drug-likeness (QED) is 0.688. The standard InChI is InChI=1S/C12H22F3NO3/c1-10-11(3-5-19-10,7-16-4-6-17-2)8-18-9-12(13,14)15/h10,16H,3-9H2,1-2H3. The molecule has 114 valence electrons. The van der Waals surface area contributed by atoms with Gasteiger partial charge in [0.15, 0.2) is 0 Å². The second-order valence-corrected chi connectivity index (χ2v) is 4.90. The highest BCUT2D eigenvalue weighted by atomic mass is 19.4. The lowest BCUT2D eigenvalue weighted by atomic mass is 9.82. The van der Waals surface area contributed by atoms with E-state index in [0.717, 1.165) is 0 Å². The van der Waals surface area contributed by atoms with E-state index in [-0.39, 0.29) is 18.1 Å². The maximum atomic E-state index is 12.1. The molecule has 1 aliphatic heterocycles. The van der Waals surface area contributed by atoms with E-state index in [1.165, 1.54) is 0 Å². The van der Waals surface area contributed by atoms with Crippen molar-refractivity contribution in [2.24, 2.45) is 5.41 Å². The Bertz CT molecular complexity index is 263. The Morgan fingerprint density at radius 1 is 1.42 bits per heavy atom. The van der Waals surface area contributed by atoms with Crippen LogP contribution in [0.5, 0.6) is 0 Å². The van der Waals surface area contributed by atoms with Gasteiger partial charge in [-0.2, -0.15) is 13.2 Å². The summed E-state index contributed by atoms with van der Waals surface area (Å²) < 4.78 is 51.6. The first-order valence-electron chi connectivity index (χ1n) is 6.35. The number of hydrogen-bond donors (Lipinski definition) is 1. The Morgan fingerprint density at radius 2 is 2.16 bits per heavy atom. The first kappa shape index (κ1) is 16.7. The smallest absolute Gasteiger partial charge is 0.383 e. The van der Waals surface area contributed by atoms with Gasteiger partial charge in [0.25, 0.3) is 0 Å². The van der Waals surface area contributed by atoms with Crippen LogP contribution in [-0.4, -0.2) is 58.9 Å². The zero-order valence-electron chi connectivity index (χ0n) is 11.4. The van der Waals surface area contributed by atoms with Gasteiger partial charge in [-0.05, 0) is 13.3 Å².